The minimum absolute atomic E-state index is 0. The van der Waals surface area contributed by atoms with E-state index in [-0.39, 0.29) is 35.5 Å². The molecule has 10 heteroatoms. The highest BCUT2D eigenvalue weighted by molar-refractivity contribution is 7.89. The van der Waals surface area contributed by atoms with E-state index in [4.69, 9.17) is 9.47 Å². The molecule has 1 heterocycles. The predicted octanol–water partition coefficient (Wildman–Crippen LogP) is 1.47. The van der Waals surface area contributed by atoms with Gasteiger partial charge in [0.2, 0.25) is 15.9 Å². The molecule has 2 aliphatic rings. The standard InChI is InChI=1S/C18H27N3O5S.ClH/c1-2-26-16-6-5-15(20-18(22)13-19-12-14-3-4-14)11-17(16)27(23,24)21-7-9-25-10-8-21;/h5-6,11,14,19H,2-4,7-10,12-13H2,1H3,(H,20,22);1H. The fraction of sp³-hybridized carbons (Fsp3) is 0.611. The van der Waals surface area contributed by atoms with Gasteiger partial charge < -0.3 is 20.1 Å². The van der Waals surface area contributed by atoms with Crippen LogP contribution in [0.15, 0.2) is 23.1 Å². The first-order valence-corrected chi connectivity index (χ1v) is 10.8. The summed E-state index contributed by atoms with van der Waals surface area (Å²) < 4.78 is 38.2. The number of halogens is 1. The first-order valence-electron chi connectivity index (χ1n) is 9.36. The number of anilines is 1. The third-order valence-electron chi connectivity index (χ3n) is 4.53. The zero-order valence-corrected chi connectivity index (χ0v) is 17.6. The lowest BCUT2D eigenvalue weighted by Gasteiger charge is -2.27. The second-order valence-corrected chi connectivity index (χ2v) is 8.64. The Bertz CT molecular complexity index is 764. The van der Waals surface area contributed by atoms with E-state index in [0.29, 0.717) is 44.5 Å². The lowest BCUT2D eigenvalue weighted by Crippen LogP contribution is -2.40. The predicted molar refractivity (Wildman–Crippen MR) is 109 cm³/mol. The molecule has 28 heavy (non-hydrogen) atoms. The van der Waals surface area contributed by atoms with Crippen LogP contribution in [0.5, 0.6) is 5.75 Å². The summed E-state index contributed by atoms with van der Waals surface area (Å²) in [5.74, 6) is 0.775. The van der Waals surface area contributed by atoms with E-state index in [9.17, 15) is 13.2 Å². The minimum Gasteiger partial charge on any atom is -0.492 e. The third kappa shape index (κ3) is 6.05. The van der Waals surface area contributed by atoms with Crippen molar-refractivity contribution in [2.45, 2.75) is 24.7 Å². The summed E-state index contributed by atoms with van der Waals surface area (Å²) in [6.07, 6.45) is 2.44. The molecule has 158 valence electrons. The van der Waals surface area contributed by atoms with Crippen LogP contribution in [0.4, 0.5) is 5.69 Å². The minimum atomic E-state index is -3.73. The Kier molecular flexibility index (Phi) is 8.51. The summed E-state index contributed by atoms with van der Waals surface area (Å²) in [7, 11) is -3.73. The quantitative estimate of drug-likeness (QED) is 0.612. The van der Waals surface area contributed by atoms with Crippen LogP contribution < -0.4 is 15.4 Å². The molecule has 1 aliphatic carbocycles. The zero-order chi connectivity index (χ0) is 19.3. The number of nitrogens with zero attached hydrogens (tertiary/aromatic N) is 1. The van der Waals surface area contributed by atoms with Crippen LogP contribution in [-0.2, 0) is 19.6 Å². The van der Waals surface area contributed by atoms with Crippen molar-refractivity contribution >= 4 is 34.0 Å². The van der Waals surface area contributed by atoms with Gasteiger partial charge in [-0.3, -0.25) is 4.79 Å². The summed E-state index contributed by atoms with van der Waals surface area (Å²) in [6, 6.07) is 4.71. The average Bonchev–Trinajstić information content (AvgIpc) is 3.48. The zero-order valence-electron chi connectivity index (χ0n) is 16.0. The van der Waals surface area contributed by atoms with Crippen molar-refractivity contribution in [3.05, 3.63) is 18.2 Å². The summed E-state index contributed by atoms with van der Waals surface area (Å²) in [6.45, 7) is 4.53. The number of sulfonamides is 1. The van der Waals surface area contributed by atoms with E-state index in [1.165, 1.54) is 23.2 Å². The molecular weight excluding hydrogens is 406 g/mol. The van der Waals surface area contributed by atoms with Gasteiger partial charge in [-0.2, -0.15) is 4.31 Å². The van der Waals surface area contributed by atoms with Crippen molar-refractivity contribution in [3.8, 4) is 5.75 Å². The summed E-state index contributed by atoms with van der Waals surface area (Å²) >= 11 is 0. The highest BCUT2D eigenvalue weighted by atomic mass is 35.5. The molecular formula is C18H28ClN3O5S. The molecule has 0 unspecified atom stereocenters. The molecule has 0 radical (unpaired) electrons. The molecule has 3 rings (SSSR count). The second kappa shape index (κ2) is 10.4. The fourth-order valence-corrected chi connectivity index (χ4v) is 4.47. The normalized spacial score (nSPS) is 17.6. The van der Waals surface area contributed by atoms with Crippen molar-refractivity contribution in [2.24, 2.45) is 5.92 Å². The lowest BCUT2D eigenvalue weighted by molar-refractivity contribution is -0.115. The Morgan fingerprint density at radius 1 is 1.29 bits per heavy atom. The van der Waals surface area contributed by atoms with Crippen molar-refractivity contribution in [3.63, 3.8) is 0 Å². The van der Waals surface area contributed by atoms with Gasteiger partial charge >= 0.3 is 0 Å². The average molecular weight is 434 g/mol. The van der Waals surface area contributed by atoms with Gasteiger partial charge in [0.25, 0.3) is 0 Å². The first kappa shape index (κ1) is 22.9. The Morgan fingerprint density at radius 3 is 2.64 bits per heavy atom. The van der Waals surface area contributed by atoms with E-state index in [0.717, 1.165) is 6.54 Å². The highest BCUT2D eigenvalue weighted by Crippen LogP contribution is 2.30. The SMILES string of the molecule is CCOc1ccc(NC(=O)CNCC2CC2)cc1S(=O)(=O)N1CCOCC1.Cl. The maximum Gasteiger partial charge on any atom is 0.246 e. The number of benzene rings is 1. The molecule has 0 bridgehead atoms. The monoisotopic (exact) mass is 433 g/mol. The van der Waals surface area contributed by atoms with Crippen molar-refractivity contribution < 1.29 is 22.7 Å². The van der Waals surface area contributed by atoms with Crippen LogP contribution in [0.25, 0.3) is 0 Å². The van der Waals surface area contributed by atoms with E-state index < -0.39 is 10.0 Å². The molecule has 1 aromatic carbocycles. The van der Waals surface area contributed by atoms with Crippen molar-refractivity contribution in [1.29, 1.82) is 0 Å². The topological polar surface area (TPSA) is 97.0 Å². The molecule has 8 nitrogen and oxygen atoms in total. The molecule has 1 amide bonds. The number of carbonyl (C=O) groups is 1. The van der Waals surface area contributed by atoms with Crippen LogP contribution in [0.3, 0.4) is 0 Å². The molecule has 1 saturated heterocycles. The molecule has 1 aliphatic heterocycles. The highest BCUT2D eigenvalue weighted by Gasteiger charge is 2.30. The van der Waals surface area contributed by atoms with Gasteiger partial charge in [-0.1, -0.05) is 0 Å². The van der Waals surface area contributed by atoms with E-state index in [1.54, 1.807) is 19.1 Å². The summed E-state index contributed by atoms with van der Waals surface area (Å²) in [5, 5.41) is 5.87. The van der Waals surface area contributed by atoms with Crippen molar-refractivity contribution in [2.75, 3.05) is 51.3 Å². The molecule has 0 spiro atoms. The van der Waals surface area contributed by atoms with Gasteiger partial charge in [0.05, 0.1) is 26.4 Å². The van der Waals surface area contributed by atoms with E-state index >= 15 is 0 Å². The molecule has 0 atom stereocenters. The number of hydrogen-bond donors (Lipinski definition) is 2. The molecule has 0 aromatic heterocycles. The van der Waals surface area contributed by atoms with Gasteiger partial charge in [0.15, 0.2) is 0 Å². The van der Waals surface area contributed by atoms with E-state index in [1.807, 2.05) is 0 Å². The Labute approximate surface area is 172 Å². The smallest absolute Gasteiger partial charge is 0.246 e. The van der Waals surface area contributed by atoms with Crippen LogP contribution in [0.1, 0.15) is 19.8 Å². The molecule has 1 aromatic rings. The van der Waals surface area contributed by atoms with Gasteiger partial charge in [-0.15, -0.1) is 12.4 Å². The van der Waals surface area contributed by atoms with Crippen molar-refractivity contribution in [1.82, 2.24) is 9.62 Å². The Morgan fingerprint density at radius 2 is 2.00 bits per heavy atom. The molecule has 2 N–H and O–H groups in total. The summed E-state index contributed by atoms with van der Waals surface area (Å²) in [5.41, 5.74) is 0.434. The number of carbonyl (C=O) groups excluding carboxylic acids is 1. The number of morpholine rings is 1. The number of rotatable bonds is 9. The number of ether oxygens (including phenoxy) is 2. The van der Waals surface area contributed by atoms with Crippen LogP contribution in [-0.4, -0.2) is 64.6 Å². The molecule has 2 fully saturated rings. The third-order valence-corrected chi connectivity index (χ3v) is 6.45. The summed E-state index contributed by atoms with van der Waals surface area (Å²) in [4.78, 5) is 12.2. The maximum absolute atomic E-state index is 13.0. The second-order valence-electron chi connectivity index (χ2n) is 6.73. The van der Waals surface area contributed by atoms with Crippen LogP contribution >= 0.6 is 12.4 Å². The van der Waals surface area contributed by atoms with Crippen LogP contribution in [0, 0.1) is 5.92 Å². The van der Waals surface area contributed by atoms with Gasteiger partial charge in [-0.05, 0) is 50.4 Å². The fourth-order valence-electron chi connectivity index (χ4n) is 2.91. The maximum atomic E-state index is 13.0. The first-order chi connectivity index (χ1) is 13.0. The van der Waals surface area contributed by atoms with Gasteiger partial charge in [-0.25, -0.2) is 8.42 Å². The number of amides is 1. The van der Waals surface area contributed by atoms with Crippen LogP contribution in [0.2, 0.25) is 0 Å². The Hall–Kier alpha value is -1.39. The lowest BCUT2D eigenvalue weighted by atomic mass is 10.3. The number of nitrogens with one attached hydrogen (secondary N) is 2. The number of hydrogen-bond acceptors (Lipinski definition) is 6. The molecule has 1 saturated carbocycles. The van der Waals surface area contributed by atoms with Gasteiger partial charge in [0.1, 0.15) is 10.6 Å². The Balaban J connectivity index is 0.00000280. The van der Waals surface area contributed by atoms with E-state index in [2.05, 4.69) is 10.6 Å². The largest absolute Gasteiger partial charge is 0.492 e. The van der Waals surface area contributed by atoms with Gasteiger partial charge in [0, 0.05) is 18.8 Å².